The summed E-state index contributed by atoms with van der Waals surface area (Å²) in [6.07, 6.45) is 0. The van der Waals surface area contributed by atoms with Crippen LogP contribution in [0.2, 0.25) is 0 Å². The molecule has 0 aromatic carbocycles. The highest BCUT2D eigenvalue weighted by Crippen LogP contribution is 1.91. The van der Waals surface area contributed by atoms with E-state index in [1.165, 1.54) is 13.1 Å². The van der Waals surface area contributed by atoms with Crippen molar-refractivity contribution in [2.75, 3.05) is 27.2 Å². The third kappa shape index (κ3) is 7.88. The molecule has 0 saturated heterocycles. The van der Waals surface area contributed by atoms with Crippen LogP contribution in [-0.4, -0.2) is 42.6 Å². The van der Waals surface area contributed by atoms with Gasteiger partial charge < -0.3 is 15.4 Å². The van der Waals surface area contributed by atoms with Crippen molar-refractivity contribution in [2.24, 2.45) is 0 Å². The largest absolute Gasteiger partial charge is 0.870 e. The smallest absolute Gasteiger partial charge is 0.0753 e. The maximum Gasteiger partial charge on any atom is 0.0753 e. The van der Waals surface area contributed by atoms with Crippen LogP contribution in [0.25, 0.3) is 0 Å². The Morgan fingerprint density at radius 1 is 1.00 bits per heavy atom. The topological polar surface area (TPSA) is 61.5 Å². The van der Waals surface area contributed by atoms with Gasteiger partial charge in [-0.25, -0.2) is 0 Å². The van der Waals surface area contributed by atoms with Crippen LogP contribution >= 0.6 is 0 Å². The van der Waals surface area contributed by atoms with Crippen molar-refractivity contribution in [3.05, 3.63) is 0 Å². The second kappa shape index (κ2) is 6.01. The summed E-state index contributed by atoms with van der Waals surface area (Å²) in [5.41, 5.74) is 0. The van der Waals surface area contributed by atoms with Gasteiger partial charge in [0.05, 0.1) is 27.2 Å². The summed E-state index contributed by atoms with van der Waals surface area (Å²) in [6.45, 7) is 6.89. The summed E-state index contributed by atoms with van der Waals surface area (Å²) in [7, 11) is 4.47. The molecule has 0 heterocycles. The van der Waals surface area contributed by atoms with Gasteiger partial charge in [-0.15, -0.1) is 0 Å². The lowest BCUT2D eigenvalue weighted by molar-refractivity contribution is -0.886. The van der Waals surface area contributed by atoms with E-state index in [1.807, 2.05) is 0 Å². The molecule has 9 heavy (non-hydrogen) atoms. The Hall–Kier alpha value is -0.120. The van der Waals surface area contributed by atoms with Crippen LogP contribution < -0.4 is 0 Å². The molecule has 3 heteroatoms. The Morgan fingerprint density at radius 3 is 1.22 bits per heavy atom. The molecule has 0 spiro atoms. The average Bonchev–Trinajstić information content (AvgIpc) is 1.68. The van der Waals surface area contributed by atoms with Gasteiger partial charge in [0.25, 0.3) is 0 Å². The summed E-state index contributed by atoms with van der Waals surface area (Å²) in [5.74, 6) is 0. The minimum absolute atomic E-state index is 0. The fraction of sp³-hybridized carbons (Fsp3) is 1.00. The summed E-state index contributed by atoms with van der Waals surface area (Å²) >= 11 is 0. The summed E-state index contributed by atoms with van der Waals surface area (Å²) in [4.78, 5) is 0. The molecular formula is C6H19NO2. The molecule has 0 aromatic rings. The van der Waals surface area contributed by atoms with Gasteiger partial charge >= 0.3 is 0 Å². The zero-order valence-electron chi connectivity index (χ0n) is 6.81. The standard InChI is InChI=1S/C6H16N.2H2O/c1-5-7(3,4)6-2;;/h5-6H2,1-4H3;2*1H2/q+1;;/p-1. The van der Waals surface area contributed by atoms with Crippen molar-refractivity contribution in [3.63, 3.8) is 0 Å². The fourth-order valence-electron chi connectivity index (χ4n) is 0.224. The normalized spacial score (nSPS) is 9.33. The van der Waals surface area contributed by atoms with E-state index in [4.69, 9.17) is 0 Å². The molecule has 0 aliphatic rings. The molecule has 0 rings (SSSR count). The van der Waals surface area contributed by atoms with Crippen LogP contribution in [0, 0.1) is 0 Å². The summed E-state index contributed by atoms with van der Waals surface area (Å²) < 4.78 is 1.14. The maximum atomic E-state index is 2.24. The lowest BCUT2D eigenvalue weighted by atomic mass is 10.5. The van der Waals surface area contributed by atoms with Crippen molar-refractivity contribution in [2.45, 2.75) is 13.8 Å². The van der Waals surface area contributed by atoms with Crippen LogP contribution in [0.3, 0.4) is 0 Å². The zero-order valence-corrected chi connectivity index (χ0v) is 6.81. The Labute approximate surface area is 57.5 Å². The second-order valence-corrected chi connectivity index (χ2v) is 2.57. The van der Waals surface area contributed by atoms with Crippen LogP contribution in [-0.2, 0) is 0 Å². The van der Waals surface area contributed by atoms with Crippen molar-refractivity contribution in [1.29, 1.82) is 0 Å². The molecule has 0 aliphatic carbocycles. The molecule has 60 valence electrons. The van der Waals surface area contributed by atoms with E-state index in [-0.39, 0.29) is 11.0 Å². The molecule has 0 aliphatic heterocycles. The van der Waals surface area contributed by atoms with E-state index >= 15 is 0 Å². The molecule has 0 unspecified atom stereocenters. The Kier molecular flexibility index (Phi) is 10.6. The van der Waals surface area contributed by atoms with Crippen LogP contribution in [0.1, 0.15) is 13.8 Å². The summed E-state index contributed by atoms with van der Waals surface area (Å²) in [5, 5.41) is 0. The van der Waals surface area contributed by atoms with Gasteiger partial charge in [0.15, 0.2) is 0 Å². The first-order valence-electron chi connectivity index (χ1n) is 2.94. The number of nitrogens with zero attached hydrogens (tertiary/aromatic N) is 1. The van der Waals surface area contributed by atoms with Crippen molar-refractivity contribution in [3.8, 4) is 0 Å². The molecule has 0 radical (unpaired) electrons. The van der Waals surface area contributed by atoms with E-state index in [0.29, 0.717) is 0 Å². The third-order valence-electron chi connectivity index (χ3n) is 1.71. The molecule has 0 saturated carbocycles. The van der Waals surface area contributed by atoms with E-state index in [2.05, 4.69) is 27.9 Å². The van der Waals surface area contributed by atoms with Crippen LogP contribution in [0.5, 0.6) is 0 Å². The highest BCUT2D eigenvalue weighted by atomic mass is 16.0. The minimum Gasteiger partial charge on any atom is -0.870 e. The first-order chi connectivity index (χ1) is 3.12. The van der Waals surface area contributed by atoms with Gasteiger partial charge in [-0.05, 0) is 13.8 Å². The predicted octanol–water partition coefficient (Wildman–Crippen LogP) is 0.101. The molecule has 0 aromatic heterocycles. The average molecular weight is 137 g/mol. The quantitative estimate of drug-likeness (QED) is 0.498. The molecule has 0 fully saturated rings. The minimum atomic E-state index is 0. The van der Waals surface area contributed by atoms with Crippen molar-refractivity contribution in [1.82, 2.24) is 0 Å². The first kappa shape index (κ1) is 15.9. The predicted molar refractivity (Wildman–Crippen MR) is 38.7 cm³/mol. The lowest BCUT2D eigenvalue weighted by Gasteiger charge is -2.25. The van der Waals surface area contributed by atoms with E-state index < -0.39 is 0 Å². The molecule has 0 amide bonds. The molecule has 0 atom stereocenters. The van der Waals surface area contributed by atoms with E-state index in [1.54, 1.807) is 0 Å². The van der Waals surface area contributed by atoms with Crippen molar-refractivity contribution >= 4 is 0 Å². The van der Waals surface area contributed by atoms with Crippen LogP contribution in [0.4, 0.5) is 0 Å². The molecular weight excluding hydrogens is 118 g/mol. The van der Waals surface area contributed by atoms with Gasteiger partial charge in [0.2, 0.25) is 0 Å². The van der Waals surface area contributed by atoms with Gasteiger partial charge in [-0.3, -0.25) is 0 Å². The zero-order chi connectivity index (χ0) is 5.91. The van der Waals surface area contributed by atoms with Gasteiger partial charge in [-0.1, -0.05) is 0 Å². The number of quaternary nitrogens is 1. The number of hydrogen-bond acceptors (Lipinski definition) is 1. The second-order valence-electron chi connectivity index (χ2n) is 2.57. The highest BCUT2D eigenvalue weighted by Gasteiger charge is 2.04. The Morgan fingerprint density at radius 2 is 1.22 bits per heavy atom. The highest BCUT2D eigenvalue weighted by molar-refractivity contribution is 4.17. The monoisotopic (exact) mass is 137 g/mol. The third-order valence-corrected chi connectivity index (χ3v) is 1.71. The fourth-order valence-corrected chi connectivity index (χ4v) is 0.224. The van der Waals surface area contributed by atoms with Crippen molar-refractivity contribution < 1.29 is 15.4 Å². The van der Waals surface area contributed by atoms with E-state index in [0.717, 1.165) is 4.48 Å². The van der Waals surface area contributed by atoms with Gasteiger partial charge in [0, 0.05) is 0 Å². The van der Waals surface area contributed by atoms with Gasteiger partial charge in [0.1, 0.15) is 0 Å². The number of hydrogen-bond donors (Lipinski definition) is 0. The maximum absolute atomic E-state index is 2.24. The Bertz CT molecular complexity index is 49.0. The van der Waals surface area contributed by atoms with Gasteiger partial charge in [-0.2, -0.15) is 0 Å². The lowest BCUT2D eigenvalue weighted by Crippen LogP contribution is -2.38. The SMILES string of the molecule is CC[N+](C)(C)CC.O.[OH-]. The molecule has 0 bridgehead atoms. The van der Waals surface area contributed by atoms with Crippen LogP contribution in [0.15, 0.2) is 0 Å². The summed E-state index contributed by atoms with van der Waals surface area (Å²) in [6, 6.07) is 0. The number of rotatable bonds is 2. The van der Waals surface area contributed by atoms with E-state index in [9.17, 15) is 0 Å². The molecule has 3 N–H and O–H groups in total. The molecule has 3 nitrogen and oxygen atoms in total. The Balaban J connectivity index is -0.000000180. The first-order valence-corrected chi connectivity index (χ1v) is 2.94.